The van der Waals surface area contributed by atoms with Gasteiger partial charge in [0.2, 0.25) is 0 Å². The fourth-order valence-electron chi connectivity index (χ4n) is 0. The second kappa shape index (κ2) is 23.0. The average Bonchev–Trinajstić information content (AvgIpc) is 1.65. The molecule has 0 aliphatic heterocycles. The fourth-order valence-corrected chi connectivity index (χ4v) is 0. The van der Waals surface area contributed by atoms with E-state index in [1.165, 1.54) is 0 Å². The lowest BCUT2D eigenvalue weighted by Crippen LogP contribution is -1.89. The van der Waals surface area contributed by atoms with E-state index in [0.717, 1.165) is 0 Å². The van der Waals surface area contributed by atoms with Gasteiger partial charge in [-0.3, -0.25) is 9.11 Å². The molecule has 0 amide bonds. The maximum atomic E-state index is 8.67. The van der Waals surface area contributed by atoms with E-state index >= 15 is 0 Å². The third kappa shape index (κ3) is 3900000. The summed E-state index contributed by atoms with van der Waals surface area (Å²) in [5.41, 5.74) is 0. The van der Waals surface area contributed by atoms with Crippen molar-refractivity contribution >= 4 is 11.4 Å². The summed E-state index contributed by atoms with van der Waals surface area (Å²) >= 11 is -2.61. The predicted octanol–water partition coefficient (Wildman–Crippen LogP) is -0.648. The van der Waals surface area contributed by atoms with E-state index in [2.05, 4.69) is 10.6 Å². The van der Waals surface area contributed by atoms with Gasteiger partial charge in [-0.1, -0.05) is 0 Å². The molecule has 0 fully saturated rings. The van der Waals surface area contributed by atoms with E-state index in [4.69, 9.17) is 13.3 Å². The summed E-state index contributed by atoms with van der Waals surface area (Å²) in [6, 6.07) is 0. The van der Waals surface area contributed by atoms with E-state index in [9.17, 15) is 0 Å². The van der Waals surface area contributed by atoms with Crippen LogP contribution < -0.4 is 10.6 Å². The topological polar surface area (TPSA) is 81.6 Å². The molecule has 10 heavy (non-hydrogen) atoms. The predicted molar refractivity (Wildman–Crippen MR) is 43.4 cm³/mol. The van der Waals surface area contributed by atoms with Crippen LogP contribution in [-0.4, -0.2) is 41.5 Å². The van der Waals surface area contributed by atoms with Crippen molar-refractivity contribution in [1.82, 2.24) is 10.6 Å². The van der Waals surface area contributed by atoms with Crippen molar-refractivity contribution < 1.29 is 13.3 Å². The van der Waals surface area contributed by atoms with Gasteiger partial charge in [0, 0.05) is 0 Å². The van der Waals surface area contributed by atoms with Gasteiger partial charge in [0.25, 0.3) is 11.4 Å². The van der Waals surface area contributed by atoms with Crippen LogP contribution in [-0.2, 0) is 11.4 Å². The van der Waals surface area contributed by atoms with Crippen LogP contribution in [0.1, 0.15) is 0 Å². The summed E-state index contributed by atoms with van der Waals surface area (Å²) in [6.07, 6.45) is 0. The molecule has 0 unspecified atom stereocenters. The van der Waals surface area contributed by atoms with Crippen LogP contribution >= 0.6 is 0 Å². The lowest BCUT2D eigenvalue weighted by atomic mass is 11.3. The zero-order chi connectivity index (χ0) is 8.99. The molecule has 5 nitrogen and oxygen atoms in total. The molecule has 0 aliphatic rings. The van der Waals surface area contributed by atoms with Gasteiger partial charge in [0.05, 0.1) is 0 Å². The lowest BCUT2D eigenvalue weighted by Gasteiger charge is -1.59. The summed E-state index contributed by atoms with van der Waals surface area (Å²) in [5.74, 6) is 0. The number of nitrogens with one attached hydrogen (secondary N) is 2. The largest absolute Gasteiger partial charge is 0.323 e. The Morgan fingerprint density at radius 1 is 1.00 bits per heavy atom. The van der Waals surface area contributed by atoms with Crippen molar-refractivity contribution in [2.24, 2.45) is 0 Å². The SMILES string of the molecule is CNC.CNC.O=S(O)O. The Bertz CT molecular complexity index is 56.5. The van der Waals surface area contributed by atoms with Crippen LogP contribution in [0.25, 0.3) is 0 Å². The molecular formula is C4H16N2O3S. The van der Waals surface area contributed by atoms with Crippen LogP contribution in [0.3, 0.4) is 0 Å². The molecule has 0 atom stereocenters. The highest BCUT2D eigenvalue weighted by Gasteiger charge is 1.62. The highest BCUT2D eigenvalue weighted by atomic mass is 32.2. The number of hydrogen-bond donors (Lipinski definition) is 4. The van der Waals surface area contributed by atoms with Gasteiger partial charge in [-0.2, -0.15) is 4.21 Å². The van der Waals surface area contributed by atoms with Crippen LogP contribution in [0.5, 0.6) is 0 Å². The van der Waals surface area contributed by atoms with Crippen molar-refractivity contribution in [3.63, 3.8) is 0 Å². The van der Waals surface area contributed by atoms with Crippen molar-refractivity contribution in [3.8, 4) is 0 Å². The van der Waals surface area contributed by atoms with E-state index in [0.29, 0.717) is 0 Å². The normalized spacial score (nSPS) is 7.10. The van der Waals surface area contributed by atoms with Crippen molar-refractivity contribution in [2.45, 2.75) is 0 Å². The molecule has 66 valence electrons. The lowest BCUT2D eigenvalue weighted by molar-refractivity contribution is 0.454. The summed E-state index contributed by atoms with van der Waals surface area (Å²) in [5, 5.41) is 5.50. The Kier molecular flexibility index (Phi) is 38.1. The van der Waals surface area contributed by atoms with Crippen LogP contribution in [0.15, 0.2) is 0 Å². The van der Waals surface area contributed by atoms with Gasteiger partial charge in [0.1, 0.15) is 0 Å². The molecule has 0 aliphatic carbocycles. The Morgan fingerprint density at radius 3 is 1.00 bits per heavy atom. The second-order valence-electron chi connectivity index (χ2n) is 1.23. The summed E-state index contributed by atoms with van der Waals surface area (Å²) in [7, 11) is 7.50. The molecule has 6 heteroatoms. The highest BCUT2D eigenvalue weighted by Crippen LogP contribution is 1.44. The summed E-state index contributed by atoms with van der Waals surface area (Å²) < 4.78 is 22.8. The first-order valence-corrected chi connectivity index (χ1v) is 3.60. The summed E-state index contributed by atoms with van der Waals surface area (Å²) in [4.78, 5) is 0. The molecule has 0 aromatic rings. The van der Waals surface area contributed by atoms with Gasteiger partial charge in [-0.05, 0) is 28.2 Å². The number of rotatable bonds is 0. The first-order valence-electron chi connectivity index (χ1n) is 2.53. The molecular weight excluding hydrogens is 156 g/mol. The van der Waals surface area contributed by atoms with Gasteiger partial charge >= 0.3 is 0 Å². The standard InChI is InChI=1S/2C2H7N.H2O3S/c2*1-3-2;1-4(2)3/h2*3H,1-2H3;(H2,1,2,3). The van der Waals surface area contributed by atoms with E-state index in [1.807, 2.05) is 28.2 Å². The van der Waals surface area contributed by atoms with Gasteiger partial charge in [0.15, 0.2) is 0 Å². The first-order chi connectivity index (χ1) is 4.56. The molecule has 0 saturated heterocycles. The quantitative estimate of drug-likeness (QED) is 0.365. The van der Waals surface area contributed by atoms with Crippen LogP contribution in [0, 0.1) is 0 Å². The van der Waals surface area contributed by atoms with Crippen molar-refractivity contribution in [1.29, 1.82) is 0 Å². The highest BCUT2D eigenvalue weighted by molar-refractivity contribution is 7.73. The fraction of sp³-hybridized carbons (Fsp3) is 1.00. The van der Waals surface area contributed by atoms with Gasteiger partial charge in [-0.25, -0.2) is 0 Å². The Morgan fingerprint density at radius 2 is 1.00 bits per heavy atom. The minimum Gasteiger partial charge on any atom is -0.323 e. The number of hydrogen-bond acceptors (Lipinski definition) is 3. The van der Waals surface area contributed by atoms with E-state index < -0.39 is 11.4 Å². The smallest absolute Gasteiger partial charge is 0.299 e. The zero-order valence-electron chi connectivity index (χ0n) is 6.71. The Balaban J connectivity index is -0.0000000750. The Labute approximate surface area is 64.3 Å². The maximum Gasteiger partial charge on any atom is 0.299 e. The minimum absolute atomic E-state index is 1.88. The molecule has 0 aromatic carbocycles. The Hall–Kier alpha value is -0.0100. The molecule has 0 bridgehead atoms. The molecule has 0 aromatic heterocycles. The van der Waals surface area contributed by atoms with Gasteiger partial charge in [-0.15, -0.1) is 0 Å². The molecule has 0 spiro atoms. The van der Waals surface area contributed by atoms with Gasteiger partial charge < -0.3 is 10.6 Å². The molecule has 0 rings (SSSR count). The zero-order valence-corrected chi connectivity index (χ0v) is 7.53. The summed E-state index contributed by atoms with van der Waals surface area (Å²) in [6.45, 7) is 0. The monoisotopic (exact) mass is 172 g/mol. The average molecular weight is 172 g/mol. The first kappa shape index (κ1) is 16.5. The van der Waals surface area contributed by atoms with Crippen LogP contribution in [0.2, 0.25) is 0 Å². The van der Waals surface area contributed by atoms with Crippen molar-refractivity contribution in [2.75, 3.05) is 28.2 Å². The van der Waals surface area contributed by atoms with Crippen molar-refractivity contribution in [3.05, 3.63) is 0 Å². The van der Waals surface area contributed by atoms with E-state index in [-0.39, 0.29) is 0 Å². The second-order valence-corrected chi connectivity index (χ2v) is 1.69. The third-order valence-electron chi connectivity index (χ3n) is 0. The molecule has 0 saturated carbocycles. The third-order valence-corrected chi connectivity index (χ3v) is 0. The maximum absolute atomic E-state index is 8.67. The molecule has 4 N–H and O–H groups in total. The molecule has 0 radical (unpaired) electrons. The minimum atomic E-state index is -2.61. The van der Waals surface area contributed by atoms with Crippen LogP contribution in [0.4, 0.5) is 0 Å². The van der Waals surface area contributed by atoms with E-state index in [1.54, 1.807) is 0 Å². The molecule has 0 heterocycles.